The van der Waals surface area contributed by atoms with Gasteiger partial charge in [0.25, 0.3) is 0 Å². The standard InChI is InChI=1S/C41H76N2O18S/c1-15-29-41(10,48)36(61-62(49,50)51)24(4)31(42-55-21-54-17-16-52-13)22(2)19-39(8,47)35(60-38-32(44)28(43(11)12)18-23(3)56-38)25(5)33(26(6)37(46)58-29)59-30-20-40(9,53-14)34(45)27(7)57-30/h22-30,32-36,38,44-45,47-48H,15-21H2,1-14H3,(H,49,50,51)/b42-31+/t22-,23-,24+,25+,26-,27+,28+,29-,30+,32-,33+,34+,35-,36-,38+,39-,40-,41-/m1/s1. The highest BCUT2D eigenvalue weighted by Crippen LogP contribution is 2.41. The number of nitrogens with zero attached hydrogens (tertiary/aromatic N) is 2. The summed E-state index contributed by atoms with van der Waals surface area (Å²) in [6.07, 6.45) is -11.2. The third-order valence-electron chi connectivity index (χ3n) is 12.8. The van der Waals surface area contributed by atoms with Crippen LogP contribution in [0.25, 0.3) is 0 Å². The predicted octanol–water partition coefficient (Wildman–Crippen LogP) is 2.04. The molecule has 20 nitrogen and oxygen atoms in total. The van der Waals surface area contributed by atoms with Crippen LogP contribution in [0.3, 0.4) is 0 Å². The SMILES string of the molecule is CC[C@H]1OC(=O)[C@H](C)[C@@H](O[C@H]2C[C@@](C)(OC)[C@@H](O)[C@H](C)O2)[C@H](C)[C@@H](O[C@@H]2O[C@H](C)C[C@H](N(C)C)[C@H]2O)[C@](C)(O)C[C@@H](C)/C(=N\OCOCCOC)[C@H](C)[C@@H](OS(=O)(=O)O)[C@]1(C)O. The molecule has 18 atom stereocenters. The van der Waals surface area contributed by atoms with Crippen LogP contribution >= 0.6 is 0 Å². The summed E-state index contributed by atoms with van der Waals surface area (Å²) >= 11 is 0. The zero-order valence-electron chi connectivity index (χ0n) is 39.0. The summed E-state index contributed by atoms with van der Waals surface area (Å²) in [6, 6.07) is -0.390. The van der Waals surface area contributed by atoms with Gasteiger partial charge in [-0.3, -0.25) is 9.35 Å². The van der Waals surface area contributed by atoms with Gasteiger partial charge in [0.05, 0.1) is 60.5 Å². The first-order valence-electron chi connectivity index (χ1n) is 21.4. The van der Waals surface area contributed by atoms with E-state index in [2.05, 4.69) is 5.16 Å². The molecule has 0 aromatic rings. The number of rotatable bonds is 15. The van der Waals surface area contributed by atoms with Crippen molar-refractivity contribution in [3.05, 3.63) is 0 Å². The van der Waals surface area contributed by atoms with E-state index in [9.17, 15) is 38.2 Å². The Morgan fingerprint density at radius 3 is 2.13 bits per heavy atom. The highest BCUT2D eigenvalue weighted by Gasteiger charge is 2.54. The minimum Gasteiger partial charge on any atom is -0.459 e. The number of carbonyl (C=O) groups is 1. The second kappa shape index (κ2) is 22.7. The van der Waals surface area contributed by atoms with Crippen LogP contribution in [0.5, 0.6) is 0 Å². The topological polar surface area (TPSA) is 260 Å². The number of likely N-dealkylation sites (N-methyl/N-ethyl adjacent to an activating group) is 1. The van der Waals surface area contributed by atoms with E-state index in [4.69, 9.17) is 46.9 Å². The van der Waals surface area contributed by atoms with Crippen LogP contribution in [0.1, 0.15) is 94.9 Å². The Labute approximate surface area is 367 Å². The molecule has 62 heavy (non-hydrogen) atoms. The summed E-state index contributed by atoms with van der Waals surface area (Å²) in [5, 5.41) is 52.1. The van der Waals surface area contributed by atoms with Crippen molar-refractivity contribution in [3.63, 3.8) is 0 Å². The second-order valence-electron chi connectivity index (χ2n) is 18.2. The van der Waals surface area contributed by atoms with Gasteiger partial charge in [-0.25, -0.2) is 4.18 Å². The van der Waals surface area contributed by atoms with Crippen LogP contribution in [-0.4, -0.2) is 183 Å². The van der Waals surface area contributed by atoms with E-state index < -0.39 is 112 Å². The molecule has 21 heteroatoms. The summed E-state index contributed by atoms with van der Waals surface area (Å²) in [5.41, 5.74) is -5.28. The van der Waals surface area contributed by atoms with Gasteiger partial charge in [-0.15, -0.1) is 0 Å². The molecule has 0 aromatic carbocycles. The molecule has 0 unspecified atom stereocenters. The fraction of sp³-hybridized carbons (Fsp3) is 0.951. The molecule has 3 heterocycles. The molecule has 3 rings (SSSR count). The van der Waals surface area contributed by atoms with Crippen molar-refractivity contribution in [3.8, 4) is 0 Å². The minimum atomic E-state index is -5.27. The average molecular weight is 917 g/mol. The van der Waals surface area contributed by atoms with Gasteiger partial charge in [0.1, 0.15) is 30.0 Å². The summed E-state index contributed by atoms with van der Waals surface area (Å²) in [4.78, 5) is 21.9. The van der Waals surface area contributed by atoms with Gasteiger partial charge in [-0.1, -0.05) is 32.9 Å². The maximum absolute atomic E-state index is 14.5. The molecule has 5 N–H and O–H groups in total. The molecule has 3 aliphatic heterocycles. The van der Waals surface area contributed by atoms with Gasteiger partial charge in [-0.05, 0) is 74.9 Å². The zero-order valence-corrected chi connectivity index (χ0v) is 39.8. The number of cyclic esters (lactones) is 1. The summed E-state index contributed by atoms with van der Waals surface area (Å²) in [6.45, 7) is 16.0. The van der Waals surface area contributed by atoms with Crippen molar-refractivity contribution in [2.75, 3.05) is 48.3 Å². The molecule has 3 aliphatic rings. The van der Waals surface area contributed by atoms with E-state index in [1.807, 2.05) is 25.9 Å². The Hall–Kier alpha value is -1.67. The molecule has 0 saturated carbocycles. The fourth-order valence-electron chi connectivity index (χ4n) is 9.23. The van der Waals surface area contributed by atoms with Crippen molar-refractivity contribution in [2.24, 2.45) is 28.8 Å². The normalized spacial score (nSPS) is 43.9. The first kappa shape index (κ1) is 54.7. The van der Waals surface area contributed by atoms with Gasteiger partial charge < -0.3 is 68.1 Å². The predicted molar refractivity (Wildman–Crippen MR) is 223 cm³/mol. The van der Waals surface area contributed by atoms with Crippen LogP contribution in [0, 0.1) is 23.7 Å². The number of esters is 1. The Kier molecular flexibility index (Phi) is 20.0. The summed E-state index contributed by atoms with van der Waals surface area (Å²) in [5.74, 6) is -5.08. The Morgan fingerprint density at radius 2 is 1.56 bits per heavy atom. The summed E-state index contributed by atoms with van der Waals surface area (Å²) < 4.78 is 88.2. The monoisotopic (exact) mass is 916 g/mol. The van der Waals surface area contributed by atoms with Gasteiger partial charge >= 0.3 is 16.4 Å². The van der Waals surface area contributed by atoms with Crippen molar-refractivity contribution in [2.45, 2.75) is 179 Å². The number of methoxy groups -OCH3 is 2. The zero-order chi connectivity index (χ0) is 47.1. The second-order valence-corrected chi connectivity index (χ2v) is 19.3. The number of aliphatic hydroxyl groups excluding tert-OH is 2. The first-order chi connectivity index (χ1) is 28.6. The molecule has 0 aromatic heterocycles. The van der Waals surface area contributed by atoms with E-state index in [0.717, 1.165) is 0 Å². The van der Waals surface area contributed by atoms with E-state index >= 15 is 0 Å². The number of hydrogen-bond acceptors (Lipinski definition) is 19. The number of oxime groups is 1. The van der Waals surface area contributed by atoms with Crippen LogP contribution in [0.4, 0.5) is 0 Å². The lowest BCUT2D eigenvalue weighted by atomic mass is 9.73. The third-order valence-corrected chi connectivity index (χ3v) is 13.2. The van der Waals surface area contributed by atoms with E-state index in [1.54, 1.807) is 34.6 Å². The average Bonchev–Trinajstić information content (AvgIpc) is 3.17. The number of hydrogen-bond donors (Lipinski definition) is 5. The van der Waals surface area contributed by atoms with Gasteiger partial charge in [-0.2, -0.15) is 8.42 Å². The molecule has 3 fully saturated rings. The molecular formula is C41H76N2O18S. The van der Waals surface area contributed by atoms with Gasteiger partial charge in [0.2, 0.25) is 6.79 Å². The van der Waals surface area contributed by atoms with Crippen LogP contribution in [0.15, 0.2) is 5.16 Å². The van der Waals surface area contributed by atoms with Crippen molar-refractivity contribution < 1.29 is 85.1 Å². The van der Waals surface area contributed by atoms with E-state index in [1.165, 1.54) is 41.9 Å². The van der Waals surface area contributed by atoms with Crippen molar-refractivity contribution in [1.82, 2.24) is 4.90 Å². The lowest BCUT2D eigenvalue weighted by Gasteiger charge is -2.49. The Balaban J connectivity index is 2.31. The maximum Gasteiger partial charge on any atom is 0.397 e. The third kappa shape index (κ3) is 13.7. The maximum atomic E-state index is 14.5. The van der Waals surface area contributed by atoms with Crippen LogP contribution in [-0.2, 0) is 62.1 Å². The highest BCUT2D eigenvalue weighted by molar-refractivity contribution is 7.80. The first-order valence-corrected chi connectivity index (χ1v) is 22.8. The Morgan fingerprint density at radius 1 is 0.919 bits per heavy atom. The molecule has 364 valence electrons. The van der Waals surface area contributed by atoms with Gasteiger partial charge in [0, 0.05) is 44.4 Å². The molecule has 3 saturated heterocycles. The molecule has 0 radical (unpaired) electrons. The largest absolute Gasteiger partial charge is 0.459 e. The smallest absolute Gasteiger partial charge is 0.397 e. The quantitative estimate of drug-likeness (QED) is 0.0518. The molecular weight excluding hydrogens is 841 g/mol. The lowest BCUT2D eigenvalue weighted by Crippen LogP contribution is -2.61. The highest BCUT2D eigenvalue weighted by atomic mass is 32.3. The fourth-order valence-corrected chi connectivity index (χ4v) is 9.85. The molecule has 0 spiro atoms. The summed E-state index contributed by atoms with van der Waals surface area (Å²) in [7, 11) is 1.33. The van der Waals surface area contributed by atoms with Crippen LogP contribution in [0.2, 0.25) is 0 Å². The Bertz CT molecular complexity index is 1550. The lowest BCUT2D eigenvalue weighted by molar-refractivity contribution is -0.317. The number of aliphatic hydroxyl groups is 4. The molecule has 0 bridgehead atoms. The molecule has 0 amide bonds. The number of carbonyl (C=O) groups excluding carboxylic acids is 1. The minimum absolute atomic E-state index is 0.0271. The molecule has 0 aliphatic carbocycles. The van der Waals surface area contributed by atoms with E-state index in [0.29, 0.717) is 6.42 Å². The van der Waals surface area contributed by atoms with Gasteiger partial charge in [0.15, 0.2) is 12.6 Å². The van der Waals surface area contributed by atoms with Crippen molar-refractivity contribution >= 4 is 22.1 Å². The van der Waals surface area contributed by atoms with Crippen molar-refractivity contribution in [1.29, 1.82) is 0 Å². The van der Waals surface area contributed by atoms with Crippen LogP contribution < -0.4 is 0 Å². The number of ether oxygens (including phenoxy) is 8. The van der Waals surface area contributed by atoms with E-state index in [-0.39, 0.29) is 57.1 Å².